The first-order valence-electron chi connectivity index (χ1n) is 5.81. The number of anilines is 3. The number of para-hydroxylation sites is 1. The van der Waals surface area contributed by atoms with E-state index in [0.717, 1.165) is 0 Å². The van der Waals surface area contributed by atoms with Gasteiger partial charge in [0, 0.05) is 6.07 Å². The van der Waals surface area contributed by atoms with Crippen molar-refractivity contribution >= 4 is 23.0 Å². The van der Waals surface area contributed by atoms with Crippen molar-refractivity contribution in [2.24, 2.45) is 5.73 Å². The SMILES string of the molecule is COc1ccc(F)c(Nc2c(N)cccc2C(N)=O)c1. The minimum atomic E-state index is -0.650. The second-order valence-electron chi connectivity index (χ2n) is 4.10. The summed E-state index contributed by atoms with van der Waals surface area (Å²) in [5, 5.41) is 2.78. The minimum Gasteiger partial charge on any atom is -0.497 e. The van der Waals surface area contributed by atoms with Crippen LogP contribution in [-0.4, -0.2) is 13.0 Å². The highest BCUT2D eigenvalue weighted by Gasteiger charge is 2.13. The van der Waals surface area contributed by atoms with Crippen LogP contribution < -0.4 is 21.5 Å². The van der Waals surface area contributed by atoms with E-state index in [1.54, 1.807) is 12.1 Å². The number of amides is 1. The number of hydrogen-bond acceptors (Lipinski definition) is 4. The third kappa shape index (κ3) is 2.64. The van der Waals surface area contributed by atoms with Gasteiger partial charge in [0.05, 0.1) is 29.7 Å². The molecule has 0 atom stereocenters. The molecule has 0 aliphatic carbocycles. The van der Waals surface area contributed by atoms with Crippen LogP contribution in [0, 0.1) is 5.82 Å². The summed E-state index contributed by atoms with van der Waals surface area (Å²) in [6.45, 7) is 0. The van der Waals surface area contributed by atoms with E-state index < -0.39 is 11.7 Å². The number of nitrogens with one attached hydrogen (secondary N) is 1. The zero-order valence-electron chi connectivity index (χ0n) is 10.8. The summed E-state index contributed by atoms with van der Waals surface area (Å²) in [4.78, 5) is 11.4. The van der Waals surface area contributed by atoms with Crippen molar-refractivity contribution in [2.75, 3.05) is 18.2 Å². The third-order valence-electron chi connectivity index (χ3n) is 2.80. The lowest BCUT2D eigenvalue weighted by Crippen LogP contribution is -2.14. The van der Waals surface area contributed by atoms with Gasteiger partial charge >= 0.3 is 0 Å². The molecule has 2 aromatic carbocycles. The number of nitrogens with two attached hydrogens (primary N) is 2. The Morgan fingerprint density at radius 3 is 2.70 bits per heavy atom. The summed E-state index contributed by atoms with van der Waals surface area (Å²) < 4.78 is 18.8. The molecule has 0 bridgehead atoms. The third-order valence-corrected chi connectivity index (χ3v) is 2.80. The molecule has 5 N–H and O–H groups in total. The predicted molar refractivity (Wildman–Crippen MR) is 75.6 cm³/mol. The van der Waals surface area contributed by atoms with Gasteiger partial charge in [-0.1, -0.05) is 6.07 Å². The molecule has 0 fully saturated rings. The van der Waals surface area contributed by atoms with Gasteiger partial charge in [-0.25, -0.2) is 4.39 Å². The molecule has 104 valence electrons. The summed E-state index contributed by atoms with van der Waals surface area (Å²) in [7, 11) is 1.47. The molecule has 0 aliphatic heterocycles. The van der Waals surface area contributed by atoms with Gasteiger partial charge in [-0.2, -0.15) is 0 Å². The molecule has 2 aromatic rings. The van der Waals surface area contributed by atoms with Crippen LogP contribution in [0.3, 0.4) is 0 Å². The molecule has 0 saturated carbocycles. The van der Waals surface area contributed by atoms with Crippen LogP contribution in [0.1, 0.15) is 10.4 Å². The molecule has 2 rings (SSSR count). The van der Waals surface area contributed by atoms with E-state index in [1.807, 2.05) is 0 Å². The lowest BCUT2D eigenvalue weighted by Gasteiger charge is -2.14. The number of methoxy groups -OCH3 is 1. The largest absolute Gasteiger partial charge is 0.497 e. The zero-order chi connectivity index (χ0) is 14.7. The van der Waals surface area contributed by atoms with Crippen molar-refractivity contribution in [3.8, 4) is 5.75 Å². The summed E-state index contributed by atoms with van der Waals surface area (Å²) in [6, 6.07) is 8.91. The summed E-state index contributed by atoms with van der Waals surface area (Å²) in [6.07, 6.45) is 0. The molecule has 0 spiro atoms. The Balaban J connectivity index is 2.47. The standard InChI is InChI=1S/C14H14FN3O2/c1-20-8-5-6-10(15)12(7-8)18-13-9(14(17)19)3-2-4-11(13)16/h2-7,18H,16H2,1H3,(H2,17,19). The molecular formula is C14H14FN3O2. The van der Waals surface area contributed by atoms with E-state index in [4.69, 9.17) is 16.2 Å². The van der Waals surface area contributed by atoms with Crippen molar-refractivity contribution < 1.29 is 13.9 Å². The first kappa shape index (κ1) is 13.7. The number of benzene rings is 2. The van der Waals surface area contributed by atoms with Gasteiger partial charge in [-0.15, -0.1) is 0 Å². The van der Waals surface area contributed by atoms with Gasteiger partial charge in [-0.3, -0.25) is 4.79 Å². The molecule has 0 unspecified atom stereocenters. The van der Waals surface area contributed by atoms with E-state index in [2.05, 4.69) is 5.32 Å². The first-order chi connectivity index (χ1) is 9.52. The second-order valence-corrected chi connectivity index (χ2v) is 4.10. The number of carbonyl (C=O) groups is 1. The van der Waals surface area contributed by atoms with Crippen LogP contribution in [0.25, 0.3) is 0 Å². The van der Waals surface area contributed by atoms with Crippen molar-refractivity contribution in [1.29, 1.82) is 0 Å². The molecule has 0 radical (unpaired) electrons. The number of carbonyl (C=O) groups excluding carboxylic acids is 1. The highest BCUT2D eigenvalue weighted by Crippen LogP contribution is 2.30. The van der Waals surface area contributed by atoms with E-state index in [-0.39, 0.29) is 16.9 Å². The summed E-state index contributed by atoms with van der Waals surface area (Å²) >= 11 is 0. The first-order valence-corrected chi connectivity index (χ1v) is 5.81. The predicted octanol–water partition coefficient (Wildman–Crippen LogP) is 2.26. The number of rotatable bonds is 4. The van der Waals surface area contributed by atoms with Crippen molar-refractivity contribution in [2.45, 2.75) is 0 Å². The molecule has 0 saturated heterocycles. The fourth-order valence-corrected chi connectivity index (χ4v) is 1.78. The quantitative estimate of drug-likeness (QED) is 0.746. The van der Waals surface area contributed by atoms with Crippen molar-refractivity contribution in [3.05, 3.63) is 47.8 Å². The van der Waals surface area contributed by atoms with Gasteiger partial charge in [0.25, 0.3) is 5.91 Å². The second kappa shape index (κ2) is 5.48. The fraction of sp³-hybridized carbons (Fsp3) is 0.0714. The van der Waals surface area contributed by atoms with Gasteiger partial charge < -0.3 is 21.5 Å². The Bertz CT molecular complexity index is 659. The lowest BCUT2D eigenvalue weighted by molar-refractivity contribution is 0.100. The average Bonchev–Trinajstić information content (AvgIpc) is 2.43. The Labute approximate surface area is 115 Å². The van der Waals surface area contributed by atoms with Gasteiger partial charge in [0.15, 0.2) is 0 Å². The molecule has 20 heavy (non-hydrogen) atoms. The number of hydrogen-bond donors (Lipinski definition) is 3. The van der Waals surface area contributed by atoms with Gasteiger partial charge in [-0.05, 0) is 24.3 Å². The lowest BCUT2D eigenvalue weighted by atomic mass is 10.1. The van der Waals surface area contributed by atoms with Crippen LogP contribution in [0.4, 0.5) is 21.5 Å². The highest BCUT2D eigenvalue weighted by atomic mass is 19.1. The maximum atomic E-state index is 13.8. The summed E-state index contributed by atoms with van der Waals surface area (Å²) in [5.41, 5.74) is 12.0. The average molecular weight is 275 g/mol. The maximum Gasteiger partial charge on any atom is 0.250 e. The summed E-state index contributed by atoms with van der Waals surface area (Å²) in [5.74, 6) is -0.670. The van der Waals surface area contributed by atoms with E-state index in [1.165, 1.54) is 31.4 Å². The molecule has 0 heterocycles. The molecule has 5 nitrogen and oxygen atoms in total. The van der Waals surface area contributed by atoms with Crippen LogP contribution in [0.2, 0.25) is 0 Å². The molecule has 1 amide bonds. The number of ether oxygens (including phenoxy) is 1. The zero-order valence-corrected chi connectivity index (χ0v) is 10.8. The normalized spacial score (nSPS) is 10.1. The van der Waals surface area contributed by atoms with Crippen LogP contribution in [-0.2, 0) is 0 Å². The molecule has 0 aliphatic rings. The number of primary amides is 1. The number of halogens is 1. The smallest absolute Gasteiger partial charge is 0.250 e. The van der Waals surface area contributed by atoms with Crippen molar-refractivity contribution in [3.63, 3.8) is 0 Å². The van der Waals surface area contributed by atoms with E-state index >= 15 is 0 Å². The molecule has 6 heteroatoms. The fourth-order valence-electron chi connectivity index (χ4n) is 1.78. The Hall–Kier alpha value is -2.76. The maximum absolute atomic E-state index is 13.8. The monoisotopic (exact) mass is 275 g/mol. The Morgan fingerprint density at radius 1 is 1.30 bits per heavy atom. The van der Waals surface area contributed by atoms with Crippen LogP contribution in [0.5, 0.6) is 5.75 Å². The van der Waals surface area contributed by atoms with E-state index in [9.17, 15) is 9.18 Å². The van der Waals surface area contributed by atoms with E-state index in [0.29, 0.717) is 11.4 Å². The topological polar surface area (TPSA) is 90.4 Å². The van der Waals surface area contributed by atoms with Gasteiger partial charge in [0.2, 0.25) is 0 Å². The number of nitrogen functional groups attached to an aromatic ring is 1. The van der Waals surface area contributed by atoms with Crippen LogP contribution >= 0.6 is 0 Å². The van der Waals surface area contributed by atoms with Crippen molar-refractivity contribution in [1.82, 2.24) is 0 Å². The minimum absolute atomic E-state index is 0.143. The molecular weight excluding hydrogens is 261 g/mol. The Kier molecular flexibility index (Phi) is 3.74. The molecule has 0 aromatic heterocycles. The van der Waals surface area contributed by atoms with Gasteiger partial charge in [0.1, 0.15) is 11.6 Å². The Morgan fingerprint density at radius 2 is 2.05 bits per heavy atom. The van der Waals surface area contributed by atoms with Crippen LogP contribution in [0.15, 0.2) is 36.4 Å². The highest BCUT2D eigenvalue weighted by molar-refractivity contribution is 6.02.